The molecule has 0 saturated heterocycles. The summed E-state index contributed by atoms with van der Waals surface area (Å²) in [7, 11) is 1.41. The second-order valence-electron chi connectivity index (χ2n) is 4.85. The van der Waals surface area contributed by atoms with E-state index in [1.807, 2.05) is 0 Å². The smallest absolute Gasteiger partial charge is 0.331 e. The molecule has 0 radical (unpaired) electrons. The van der Waals surface area contributed by atoms with Gasteiger partial charge in [-0.1, -0.05) is 13.8 Å². The predicted octanol–water partition coefficient (Wildman–Crippen LogP) is 1.37. The number of carboxylic acid groups (broad SMARTS) is 1. The Hall–Kier alpha value is -0.750. The number of methoxy groups -OCH3 is 1. The zero-order valence-corrected chi connectivity index (χ0v) is 12.3. The van der Waals surface area contributed by atoms with E-state index in [0.717, 1.165) is 12.2 Å². The summed E-state index contributed by atoms with van der Waals surface area (Å²) in [6.07, 6.45) is 1.05. The minimum Gasteiger partial charge on any atom is -0.479 e. The molecule has 0 rings (SSSR count). The van der Waals surface area contributed by atoms with Crippen LogP contribution in [0.3, 0.4) is 0 Å². The number of amides is 1. The van der Waals surface area contributed by atoms with Gasteiger partial charge in [-0.25, -0.2) is 4.79 Å². The van der Waals surface area contributed by atoms with Gasteiger partial charge in [-0.2, -0.15) is 11.8 Å². The number of hydrogen-bond acceptors (Lipinski definition) is 4. The summed E-state index contributed by atoms with van der Waals surface area (Å²) in [5, 5.41) is 11.6. The molecule has 6 heteroatoms. The number of thioether (sulfide) groups is 1. The number of ether oxygens (including phenoxy) is 1. The van der Waals surface area contributed by atoms with Gasteiger partial charge in [0.2, 0.25) is 5.91 Å². The van der Waals surface area contributed by atoms with E-state index < -0.39 is 11.5 Å². The second-order valence-corrected chi connectivity index (χ2v) is 5.96. The maximum Gasteiger partial charge on any atom is 0.331 e. The van der Waals surface area contributed by atoms with E-state index in [1.165, 1.54) is 25.8 Å². The first-order valence-electron chi connectivity index (χ1n) is 5.93. The van der Waals surface area contributed by atoms with E-state index >= 15 is 0 Å². The summed E-state index contributed by atoms with van der Waals surface area (Å²) < 4.78 is 4.82. The summed E-state index contributed by atoms with van der Waals surface area (Å²) in [6.45, 7) is 5.64. The third kappa shape index (κ3) is 6.86. The lowest BCUT2D eigenvalue weighted by Gasteiger charge is -2.25. The van der Waals surface area contributed by atoms with Gasteiger partial charge in [0.15, 0.2) is 5.54 Å². The van der Waals surface area contributed by atoms with Crippen LogP contribution in [0.5, 0.6) is 0 Å². The third-order valence-corrected chi connectivity index (χ3v) is 3.38. The number of aliphatic carboxylic acids is 1. The zero-order chi connectivity index (χ0) is 14.2. The molecule has 5 nitrogen and oxygen atoms in total. The number of carboxylic acids is 1. The Bertz CT molecular complexity index is 283. The molecule has 1 atom stereocenters. The summed E-state index contributed by atoms with van der Waals surface area (Å²) in [5.74, 6) is 0.423. The van der Waals surface area contributed by atoms with Gasteiger partial charge >= 0.3 is 5.97 Å². The van der Waals surface area contributed by atoms with Crippen LogP contribution in [0.1, 0.15) is 27.2 Å². The van der Waals surface area contributed by atoms with Crippen LogP contribution in [-0.4, -0.2) is 47.7 Å². The first-order chi connectivity index (χ1) is 8.31. The number of hydrogen-bond donors (Lipinski definition) is 2. The molecule has 2 N–H and O–H groups in total. The van der Waals surface area contributed by atoms with Crippen LogP contribution in [-0.2, 0) is 14.3 Å². The SMILES string of the molecule is COCC(C)(NC(=O)CSCCC(C)C)C(=O)O. The Labute approximate surface area is 113 Å². The van der Waals surface area contributed by atoms with Gasteiger partial charge in [-0.05, 0) is 25.0 Å². The molecular formula is C12H23NO4S. The fraction of sp³-hybridized carbons (Fsp3) is 0.833. The van der Waals surface area contributed by atoms with Crippen LogP contribution < -0.4 is 5.32 Å². The monoisotopic (exact) mass is 277 g/mol. The van der Waals surface area contributed by atoms with E-state index in [9.17, 15) is 9.59 Å². The zero-order valence-electron chi connectivity index (χ0n) is 11.5. The van der Waals surface area contributed by atoms with Crippen molar-refractivity contribution < 1.29 is 19.4 Å². The fourth-order valence-electron chi connectivity index (χ4n) is 1.27. The van der Waals surface area contributed by atoms with E-state index in [-0.39, 0.29) is 18.3 Å². The van der Waals surface area contributed by atoms with Gasteiger partial charge in [0.1, 0.15) is 0 Å². The first kappa shape index (κ1) is 17.2. The van der Waals surface area contributed by atoms with Crippen LogP contribution in [0.25, 0.3) is 0 Å². The summed E-state index contributed by atoms with van der Waals surface area (Å²) in [4.78, 5) is 22.7. The lowest BCUT2D eigenvalue weighted by molar-refractivity contribution is -0.148. The molecule has 0 aliphatic heterocycles. The molecule has 0 aromatic heterocycles. The highest BCUT2D eigenvalue weighted by molar-refractivity contribution is 7.99. The van der Waals surface area contributed by atoms with Crippen LogP contribution in [0.15, 0.2) is 0 Å². The van der Waals surface area contributed by atoms with Crippen LogP contribution in [0.4, 0.5) is 0 Å². The van der Waals surface area contributed by atoms with Gasteiger partial charge < -0.3 is 15.2 Å². The molecule has 0 aliphatic carbocycles. The fourth-order valence-corrected chi connectivity index (χ4v) is 2.31. The summed E-state index contributed by atoms with van der Waals surface area (Å²) in [5.41, 5.74) is -1.36. The summed E-state index contributed by atoms with van der Waals surface area (Å²) in [6, 6.07) is 0. The topological polar surface area (TPSA) is 75.6 Å². The second kappa shape index (κ2) is 8.37. The van der Waals surface area contributed by atoms with Crippen molar-refractivity contribution in [1.82, 2.24) is 5.32 Å². The number of nitrogens with one attached hydrogen (secondary N) is 1. The standard InChI is InChI=1S/C12H23NO4S/c1-9(2)5-6-18-7-10(14)13-12(3,8-17-4)11(15)16/h9H,5-8H2,1-4H3,(H,13,14)(H,15,16). The van der Waals surface area contributed by atoms with Crippen LogP contribution in [0, 0.1) is 5.92 Å². The van der Waals surface area contributed by atoms with Crippen molar-refractivity contribution in [3.63, 3.8) is 0 Å². The van der Waals surface area contributed by atoms with Crippen molar-refractivity contribution in [2.75, 3.05) is 25.2 Å². The summed E-state index contributed by atoms with van der Waals surface area (Å²) >= 11 is 1.51. The molecular weight excluding hydrogens is 254 g/mol. The molecule has 0 bridgehead atoms. The lowest BCUT2D eigenvalue weighted by atomic mass is 10.0. The third-order valence-electron chi connectivity index (χ3n) is 2.39. The highest BCUT2D eigenvalue weighted by Gasteiger charge is 2.34. The van der Waals surface area contributed by atoms with Gasteiger partial charge in [-0.3, -0.25) is 4.79 Å². The van der Waals surface area contributed by atoms with Crippen molar-refractivity contribution in [3.05, 3.63) is 0 Å². The molecule has 0 fully saturated rings. The minimum absolute atomic E-state index is 0.0509. The molecule has 0 aromatic carbocycles. The molecule has 0 heterocycles. The van der Waals surface area contributed by atoms with Crippen molar-refractivity contribution in [3.8, 4) is 0 Å². The molecule has 18 heavy (non-hydrogen) atoms. The number of rotatable bonds is 9. The van der Waals surface area contributed by atoms with E-state index in [4.69, 9.17) is 9.84 Å². The van der Waals surface area contributed by atoms with Crippen molar-refractivity contribution in [2.24, 2.45) is 5.92 Å². The Morgan fingerprint density at radius 2 is 2.06 bits per heavy atom. The van der Waals surface area contributed by atoms with Gasteiger partial charge in [0.25, 0.3) is 0 Å². The van der Waals surface area contributed by atoms with E-state index in [2.05, 4.69) is 19.2 Å². The quantitative estimate of drug-likeness (QED) is 0.623. The van der Waals surface area contributed by atoms with Crippen LogP contribution >= 0.6 is 11.8 Å². The minimum atomic E-state index is -1.36. The van der Waals surface area contributed by atoms with Crippen LogP contribution in [0.2, 0.25) is 0 Å². The number of carbonyl (C=O) groups is 2. The first-order valence-corrected chi connectivity index (χ1v) is 7.08. The molecule has 0 spiro atoms. The van der Waals surface area contributed by atoms with Gasteiger partial charge in [0, 0.05) is 7.11 Å². The molecule has 106 valence electrons. The average molecular weight is 277 g/mol. The number of carbonyl (C=O) groups excluding carboxylic acids is 1. The highest BCUT2D eigenvalue weighted by Crippen LogP contribution is 2.10. The Morgan fingerprint density at radius 1 is 1.44 bits per heavy atom. The highest BCUT2D eigenvalue weighted by atomic mass is 32.2. The molecule has 1 unspecified atom stereocenters. The average Bonchev–Trinajstić information content (AvgIpc) is 2.24. The largest absolute Gasteiger partial charge is 0.479 e. The normalized spacial score (nSPS) is 14.3. The van der Waals surface area contributed by atoms with Crippen molar-refractivity contribution in [1.29, 1.82) is 0 Å². The Balaban J connectivity index is 4.07. The van der Waals surface area contributed by atoms with Gasteiger partial charge in [-0.15, -0.1) is 0 Å². The predicted molar refractivity (Wildman–Crippen MR) is 72.8 cm³/mol. The Kier molecular flexibility index (Phi) is 8.02. The molecule has 1 amide bonds. The molecule has 0 aliphatic rings. The van der Waals surface area contributed by atoms with Crippen molar-refractivity contribution >= 4 is 23.6 Å². The maximum atomic E-state index is 11.6. The van der Waals surface area contributed by atoms with E-state index in [1.54, 1.807) is 0 Å². The Morgan fingerprint density at radius 3 is 2.50 bits per heavy atom. The molecule has 0 aromatic rings. The van der Waals surface area contributed by atoms with Crippen molar-refractivity contribution in [2.45, 2.75) is 32.7 Å². The lowest BCUT2D eigenvalue weighted by Crippen LogP contribution is -2.55. The van der Waals surface area contributed by atoms with Gasteiger partial charge in [0.05, 0.1) is 12.4 Å². The maximum absolute atomic E-state index is 11.6. The van der Waals surface area contributed by atoms with E-state index in [0.29, 0.717) is 5.92 Å². The molecule has 0 saturated carbocycles.